The highest BCUT2D eigenvalue weighted by Crippen LogP contribution is 2.28. The van der Waals surface area contributed by atoms with Crippen LogP contribution in [-0.2, 0) is 6.61 Å². The molecule has 0 fully saturated rings. The van der Waals surface area contributed by atoms with E-state index in [4.69, 9.17) is 4.74 Å². The zero-order chi connectivity index (χ0) is 21.3. The van der Waals surface area contributed by atoms with Crippen molar-refractivity contribution < 1.29 is 40.3 Å². The van der Waals surface area contributed by atoms with Crippen molar-refractivity contribution in [2.75, 3.05) is 5.32 Å². The molecular formula is C18H8F7NO2S. The third-order valence-electron chi connectivity index (χ3n) is 3.61. The van der Waals surface area contributed by atoms with E-state index in [1.54, 1.807) is 5.32 Å². The summed E-state index contributed by atoms with van der Waals surface area (Å²) in [7, 11) is 0. The molecule has 0 bridgehead atoms. The minimum absolute atomic E-state index is 0.132. The van der Waals surface area contributed by atoms with Crippen molar-refractivity contribution in [3.8, 4) is 5.75 Å². The molecule has 0 unspecified atom stereocenters. The average Bonchev–Trinajstić information content (AvgIpc) is 3.16. The summed E-state index contributed by atoms with van der Waals surface area (Å²) in [6.45, 7) is -0.227. The molecular weight excluding hydrogens is 427 g/mol. The normalized spacial score (nSPS) is 10.9. The fourth-order valence-electron chi connectivity index (χ4n) is 2.21. The molecule has 3 nitrogen and oxygen atoms in total. The number of hydrogen-bond acceptors (Lipinski definition) is 3. The number of anilines is 1. The third kappa shape index (κ3) is 4.19. The summed E-state index contributed by atoms with van der Waals surface area (Å²) in [6, 6.07) is 3.88. The van der Waals surface area contributed by atoms with E-state index < -0.39 is 52.3 Å². The number of carbonyl (C=O) groups is 1. The van der Waals surface area contributed by atoms with Gasteiger partial charge in [-0.15, -0.1) is 11.3 Å². The summed E-state index contributed by atoms with van der Waals surface area (Å²) in [6.07, 6.45) is 0. The van der Waals surface area contributed by atoms with Crippen molar-refractivity contribution in [3.05, 3.63) is 80.8 Å². The highest BCUT2D eigenvalue weighted by Gasteiger charge is 2.27. The van der Waals surface area contributed by atoms with Gasteiger partial charge in [-0.2, -0.15) is 0 Å². The Morgan fingerprint density at radius 1 is 0.897 bits per heavy atom. The summed E-state index contributed by atoms with van der Waals surface area (Å²) in [5.74, 6) is -14.2. The van der Waals surface area contributed by atoms with Crippen LogP contribution in [0.25, 0.3) is 0 Å². The Balaban J connectivity index is 1.73. The van der Waals surface area contributed by atoms with Gasteiger partial charge in [-0.25, -0.2) is 30.7 Å². The molecule has 0 aliphatic heterocycles. The molecule has 1 heterocycles. The van der Waals surface area contributed by atoms with E-state index in [0.717, 1.165) is 23.5 Å². The predicted octanol–water partition coefficient (Wildman–Crippen LogP) is 5.55. The van der Waals surface area contributed by atoms with Gasteiger partial charge in [0, 0.05) is 11.6 Å². The van der Waals surface area contributed by atoms with Crippen LogP contribution in [0.4, 0.5) is 36.4 Å². The van der Waals surface area contributed by atoms with Crippen molar-refractivity contribution >= 4 is 22.9 Å². The summed E-state index contributed by atoms with van der Waals surface area (Å²) in [5.41, 5.74) is -1.13. The lowest BCUT2D eigenvalue weighted by Crippen LogP contribution is -2.16. The average molecular weight is 435 g/mol. The fraction of sp³-hybridized carbons (Fsp3) is 0.0556. The standard InChI is InChI=1S/C18H8F7NO2S/c19-8-1-2-10(9(20)4-8)28-5-7-3-11(29-6-7)18(27)26-17-15(24)13(22)12(21)14(23)16(17)25/h1-4,6H,5H2,(H,26,27). The SMILES string of the molecule is O=C(Nc1c(F)c(F)c(F)c(F)c1F)c1cc(COc2ccc(F)cc2F)cs1. The van der Waals surface area contributed by atoms with Crippen LogP contribution < -0.4 is 10.1 Å². The molecule has 3 rings (SSSR count). The maximum Gasteiger partial charge on any atom is 0.265 e. The first-order chi connectivity index (χ1) is 13.7. The number of nitrogens with one attached hydrogen (secondary N) is 1. The number of ether oxygens (including phenoxy) is 1. The van der Waals surface area contributed by atoms with Crippen LogP contribution in [0.15, 0.2) is 29.6 Å². The van der Waals surface area contributed by atoms with Crippen LogP contribution in [0.3, 0.4) is 0 Å². The molecule has 2 aromatic carbocycles. The van der Waals surface area contributed by atoms with Crippen LogP contribution in [0, 0.1) is 40.7 Å². The van der Waals surface area contributed by atoms with E-state index in [-0.39, 0.29) is 17.2 Å². The minimum atomic E-state index is -2.35. The molecule has 0 radical (unpaired) electrons. The molecule has 3 aromatic rings. The summed E-state index contributed by atoms with van der Waals surface area (Å²) < 4.78 is 98.2. The Labute approximate surface area is 162 Å². The van der Waals surface area contributed by atoms with E-state index in [1.165, 1.54) is 11.4 Å². The van der Waals surface area contributed by atoms with Crippen molar-refractivity contribution in [2.24, 2.45) is 0 Å². The van der Waals surface area contributed by atoms with Crippen LogP contribution >= 0.6 is 11.3 Å². The number of rotatable bonds is 5. The van der Waals surface area contributed by atoms with E-state index in [9.17, 15) is 35.5 Å². The van der Waals surface area contributed by atoms with Gasteiger partial charge in [0.05, 0.1) is 4.88 Å². The number of halogens is 7. The zero-order valence-corrected chi connectivity index (χ0v) is 14.8. The van der Waals surface area contributed by atoms with Crippen LogP contribution in [0.1, 0.15) is 15.2 Å². The molecule has 11 heteroatoms. The second kappa shape index (κ2) is 8.11. The zero-order valence-electron chi connectivity index (χ0n) is 14.0. The van der Waals surface area contributed by atoms with E-state index in [0.29, 0.717) is 11.6 Å². The van der Waals surface area contributed by atoms with Crippen LogP contribution in [0.2, 0.25) is 0 Å². The maximum atomic E-state index is 13.6. The molecule has 152 valence electrons. The lowest BCUT2D eigenvalue weighted by atomic mass is 10.2. The number of amides is 1. The first-order valence-corrected chi connectivity index (χ1v) is 8.55. The van der Waals surface area contributed by atoms with Crippen LogP contribution in [0.5, 0.6) is 5.75 Å². The Hall–Kier alpha value is -3.08. The van der Waals surface area contributed by atoms with E-state index in [1.807, 2.05) is 0 Å². The molecule has 1 amide bonds. The first-order valence-electron chi connectivity index (χ1n) is 7.67. The Morgan fingerprint density at radius 3 is 2.14 bits per heavy atom. The molecule has 0 saturated carbocycles. The van der Waals surface area contributed by atoms with Gasteiger partial charge in [-0.1, -0.05) is 0 Å². The van der Waals surface area contributed by atoms with Crippen molar-refractivity contribution in [2.45, 2.75) is 6.61 Å². The monoisotopic (exact) mass is 435 g/mol. The van der Waals surface area contributed by atoms with Crippen molar-refractivity contribution in [3.63, 3.8) is 0 Å². The second-order valence-corrected chi connectivity index (χ2v) is 6.49. The van der Waals surface area contributed by atoms with Gasteiger partial charge >= 0.3 is 0 Å². The molecule has 0 aliphatic rings. The lowest BCUT2D eigenvalue weighted by molar-refractivity contribution is 0.102. The lowest BCUT2D eigenvalue weighted by Gasteiger charge is -2.09. The van der Waals surface area contributed by atoms with Crippen LogP contribution in [-0.4, -0.2) is 5.91 Å². The van der Waals surface area contributed by atoms with Gasteiger partial charge in [-0.3, -0.25) is 4.79 Å². The number of thiophene rings is 1. The maximum absolute atomic E-state index is 13.6. The molecule has 0 saturated heterocycles. The summed E-state index contributed by atoms with van der Waals surface area (Å²) in [4.78, 5) is 12.0. The van der Waals surface area contributed by atoms with Crippen molar-refractivity contribution in [1.82, 2.24) is 0 Å². The number of hydrogen-bond donors (Lipinski definition) is 1. The molecule has 1 N–H and O–H groups in total. The van der Waals surface area contributed by atoms with E-state index >= 15 is 0 Å². The largest absolute Gasteiger partial charge is 0.486 e. The smallest absolute Gasteiger partial charge is 0.265 e. The molecule has 29 heavy (non-hydrogen) atoms. The molecule has 1 aromatic heterocycles. The second-order valence-electron chi connectivity index (χ2n) is 5.58. The number of carbonyl (C=O) groups excluding carboxylic acids is 1. The van der Waals surface area contributed by atoms with Gasteiger partial charge < -0.3 is 10.1 Å². The van der Waals surface area contributed by atoms with Gasteiger partial charge in [0.1, 0.15) is 18.1 Å². The Bertz CT molecular complexity index is 1070. The van der Waals surface area contributed by atoms with Gasteiger partial charge in [0.25, 0.3) is 5.91 Å². The van der Waals surface area contributed by atoms with Gasteiger partial charge in [0.15, 0.2) is 34.8 Å². The quantitative estimate of drug-likeness (QED) is 0.324. The first kappa shape index (κ1) is 20.6. The summed E-state index contributed by atoms with van der Waals surface area (Å²) in [5, 5.41) is 3.04. The topological polar surface area (TPSA) is 38.3 Å². The number of benzene rings is 2. The van der Waals surface area contributed by atoms with Gasteiger partial charge in [0.2, 0.25) is 5.82 Å². The predicted molar refractivity (Wildman–Crippen MR) is 89.2 cm³/mol. The third-order valence-corrected chi connectivity index (χ3v) is 4.59. The molecule has 0 aliphatic carbocycles. The fourth-order valence-corrected chi connectivity index (χ4v) is 3.01. The minimum Gasteiger partial charge on any atom is -0.486 e. The highest BCUT2D eigenvalue weighted by atomic mass is 32.1. The molecule has 0 spiro atoms. The Kier molecular flexibility index (Phi) is 5.78. The summed E-state index contributed by atoms with van der Waals surface area (Å²) >= 11 is 0.790. The highest BCUT2D eigenvalue weighted by molar-refractivity contribution is 7.12. The van der Waals surface area contributed by atoms with E-state index in [2.05, 4.69) is 0 Å². The van der Waals surface area contributed by atoms with Gasteiger partial charge in [-0.05, 0) is 23.6 Å². The Morgan fingerprint density at radius 2 is 1.52 bits per heavy atom. The van der Waals surface area contributed by atoms with Crippen molar-refractivity contribution in [1.29, 1.82) is 0 Å². The molecule has 0 atom stereocenters.